The van der Waals surface area contributed by atoms with Gasteiger partial charge in [0.25, 0.3) is 5.56 Å². The Hall–Kier alpha value is -3.67. The molecule has 6 nitrogen and oxygen atoms in total. The van der Waals surface area contributed by atoms with Crippen molar-refractivity contribution in [1.82, 2.24) is 14.1 Å². The lowest BCUT2D eigenvalue weighted by Gasteiger charge is -2.09. The Morgan fingerprint density at radius 2 is 1.94 bits per heavy atom. The summed E-state index contributed by atoms with van der Waals surface area (Å²) in [6, 6.07) is 17.9. The van der Waals surface area contributed by atoms with Gasteiger partial charge in [-0.15, -0.1) is 0 Å². The van der Waals surface area contributed by atoms with Gasteiger partial charge in [0.05, 0.1) is 6.33 Å². The summed E-state index contributed by atoms with van der Waals surface area (Å²) in [4.78, 5) is 30.7. The van der Waals surface area contributed by atoms with Crippen molar-refractivity contribution in [2.45, 2.75) is 38.8 Å². The number of carbonyl (C=O) groups excluding carboxylic acids is 1. The van der Waals surface area contributed by atoms with E-state index in [9.17, 15) is 9.59 Å². The molecule has 1 N–H and O–H groups in total. The van der Waals surface area contributed by atoms with Crippen molar-refractivity contribution in [1.29, 1.82) is 0 Å². The number of rotatable bonds is 6. The molecule has 1 saturated carbocycles. The third kappa shape index (κ3) is 3.77. The van der Waals surface area contributed by atoms with Crippen LogP contribution in [0.5, 0.6) is 0 Å². The average Bonchev–Trinajstić information content (AvgIpc) is 3.56. The van der Waals surface area contributed by atoms with E-state index in [0.717, 1.165) is 41.6 Å². The van der Waals surface area contributed by atoms with Crippen LogP contribution in [0.4, 0.5) is 5.69 Å². The van der Waals surface area contributed by atoms with E-state index in [4.69, 9.17) is 0 Å². The Morgan fingerprint density at radius 3 is 2.68 bits per heavy atom. The predicted molar refractivity (Wildman–Crippen MR) is 122 cm³/mol. The largest absolute Gasteiger partial charge is 0.332 e. The number of nitrogens with zero attached hydrogens (tertiary/aromatic N) is 3. The molecule has 6 heteroatoms. The van der Waals surface area contributed by atoms with Crippen LogP contribution in [0.3, 0.4) is 0 Å². The van der Waals surface area contributed by atoms with Crippen LogP contribution in [0.1, 0.15) is 31.4 Å². The van der Waals surface area contributed by atoms with Crippen LogP contribution < -0.4 is 10.9 Å². The molecule has 1 amide bonds. The fraction of sp³-hybridized carbons (Fsp3) is 0.240. The van der Waals surface area contributed by atoms with Gasteiger partial charge in [-0.1, -0.05) is 49.4 Å². The van der Waals surface area contributed by atoms with Gasteiger partial charge in [0, 0.05) is 23.5 Å². The van der Waals surface area contributed by atoms with Gasteiger partial charge in [-0.2, -0.15) is 0 Å². The highest BCUT2D eigenvalue weighted by Gasteiger charge is 2.27. The van der Waals surface area contributed by atoms with E-state index in [1.807, 2.05) is 60.8 Å². The zero-order chi connectivity index (χ0) is 21.4. The molecule has 0 radical (unpaired) electrons. The van der Waals surface area contributed by atoms with Crippen LogP contribution in [-0.2, 0) is 17.8 Å². The molecule has 1 aliphatic carbocycles. The molecule has 0 spiro atoms. The van der Waals surface area contributed by atoms with Gasteiger partial charge in [-0.3, -0.25) is 14.2 Å². The number of aryl methyl sites for hydroxylation is 1. The fourth-order valence-electron chi connectivity index (χ4n) is 3.99. The summed E-state index contributed by atoms with van der Waals surface area (Å²) in [6.07, 6.45) is 6.41. The highest BCUT2D eigenvalue weighted by Crippen LogP contribution is 2.34. The van der Waals surface area contributed by atoms with Crippen molar-refractivity contribution >= 4 is 22.6 Å². The molecule has 4 aromatic rings. The van der Waals surface area contributed by atoms with E-state index in [-0.39, 0.29) is 24.1 Å². The van der Waals surface area contributed by atoms with Crippen LogP contribution in [0, 0.1) is 0 Å². The lowest BCUT2D eigenvalue weighted by atomic mass is 10.1. The van der Waals surface area contributed by atoms with E-state index in [1.165, 1.54) is 0 Å². The molecule has 2 aromatic carbocycles. The molecular weight excluding hydrogens is 388 g/mol. The summed E-state index contributed by atoms with van der Waals surface area (Å²) in [7, 11) is 0. The maximum Gasteiger partial charge on any atom is 0.278 e. The van der Waals surface area contributed by atoms with Crippen LogP contribution in [-0.4, -0.2) is 20.0 Å². The molecule has 0 atom stereocenters. The summed E-state index contributed by atoms with van der Waals surface area (Å²) in [5.41, 5.74) is 4.77. The Bertz CT molecular complexity index is 1320. The Kier molecular flexibility index (Phi) is 4.90. The lowest BCUT2D eigenvalue weighted by molar-refractivity contribution is -0.116. The summed E-state index contributed by atoms with van der Waals surface area (Å²) < 4.78 is 3.45. The van der Waals surface area contributed by atoms with Crippen LogP contribution in [0.25, 0.3) is 22.2 Å². The van der Waals surface area contributed by atoms with Crippen molar-refractivity contribution in [3.63, 3.8) is 0 Å². The first-order chi connectivity index (χ1) is 15.1. The summed E-state index contributed by atoms with van der Waals surface area (Å²) in [5, 5.41) is 2.96. The van der Waals surface area contributed by atoms with Crippen molar-refractivity contribution < 1.29 is 4.79 Å². The van der Waals surface area contributed by atoms with Crippen LogP contribution in [0.15, 0.2) is 71.9 Å². The third-order valence-corrected chi connectivity index (χ3v) is 5.76. The minimum absolute atomic E-state index is 0.0469. The van der Waals surface area contributed by atoms with Crippen LogP contribution >= 0.6 is 0 Å². The van der Waals surface area contributed by atoms with Gasteiger partial charge in [0.2, 0.25) is 5.91 Å². The van der Waals surface area contributed by atoms with Gasteiger partial charge in [0.15, 0.2) is 0 Å². The van der Waals surface area contributed by atoms with Gasteiger partial charge in [-0.25, -0.2) is 4.98 Å². The molecule has 156 valence electrons. The quantitative estimate of drug-likeness (QED) is 0.510. The highest BCUT2D eigenvalue weighted by molar-refractivity contribution is 5.95. The average molecular weight is 412 g/mol. The number of aromatic nitrogens is 3. The van der Waals surface area contributed by atoms with Gasteiger partial charge in [0.1, 0.15) is 17.6 Å². The van der Waals surface area contributed by atoms with Gasteiger partial charge < -0.3 is 9.88 Å². The molecule has 2 heterocycles. The van der Waals surface area contributed by atoms with E-state index in [1.54, 1.807) is 15.5 Å². The minimum Gasteiger partial charge on any atom is -0.332 e. The molecule has 31 heavy (non-hydrogen) atoms. The van der Waals surface area contributed by atoms with Gasteiger partial charge >= 0.3 is 0 Å². The lowest BCUT2D eigenvalue weighted by Crippen LogP contribution is -2.24. The normalized spacial score (nSPS) is 13.5. The molecular formula is C25H24N4O2. The van der Waals surface area contributed by atoms with Crippen molar-refractivity contribution in [2.75, 3.05) is 5.32 Å². The molecule has 1 aliphatic rings. The second-order valence-corrected chi connectivity index (χ2v) is 8.02. The fourth-order valence-corrected chi connectivity index (χ4v) is 3.99. The number of anilines is 1. The first-order valence-corrected chi connectivity index (χ1v) is 10.7. The second-order valence-electron chi connectivity index (χ2n) is 8.02. The summed E-state index contributed by atoms with van der Waals surface area (Å²) >= 11 is 0. The molecule has 5 rings (SSSR count). The number of fused-ring (bicyclic) bond motifs is 1. The van der Waals surface area contributed by atoms with Gasteiger partial charge in [-0.05, 0) is 42.5 Å². The molecule has 0 bridgehead atoms. The van der Waals surface area contributed by atoms with Crippen LogP contribution in [0.2, 0.25) is 0 Å². The zero-order valence-electron chi connectivity index (χ0n) is 17.4. The smallest absolute Gasteiger partial charge is 0.278 e. The third-order valence-electron chi connectivity index (χ3n) is 5.76. The molecule has 0 aliphatic heterocycles. The highest BCUT2D eigenvalue weighted by atomic mass is 16.2. The molecule has 2 aromatic heterocycles. The summed E-state index contributed by atoms with van der Waals surface area (Å²) in [6.45, 7) is 2.13. The topological polar surface area (TPSA) is 68.9 Å². The maximum absolute atomic E-state index is 13.3. The van der Waals surface area contributed by atoms with Crippen molar-refractivity contribution in [3.05, 3.63) is 83.0 Å². The Morgan fingerprint density at radius 1 is 1.13 bits per heavy atom. The second kappa shape index (κ2) is 7.87. The van der Waals surface area contributed by atoms with E-state index in [2.05, 4.69) is 17.2 Å². The number of nitrogens with one attached hydrogen (secondary N) is 1. The number of carbonyl (C=O) groups is 1. The molecule has 0 saturated heterocycles. The summed E-state index contributed by atoms with van der Waals surface area (Å²) in [5.74, 6) is -0.175. The van der Waals surface area contributed by atoms with E-state index < -0.39 is 0 Å². The standard InChI is InChI=1S/C25H24N4O2/c1-2-17-7-6-10-19(13-17)27-22(30)15-28-14-21(18-8-4-3-5-9-18)23-24(28)25(31)29(16-26-23)20-11-12-20/h3-10,13-14,16,20H,2,11-12,15H2,1H3,(H,27,30). The Labute approximate surface area is 180 Å². The molecule has 1 fully saturated rings. The molecule has 0 unspecified atom stereocenters. The number of benzene rings is 2. The number of hydrogen-bond donors (Lipinski definition) is 1. The number of amides is 1. The SMILES string of the molecule is CCc1cccc(NC(=O)Cn2cc(-c3ccccc3)c3ncn(C4CC4)c(=O)c32)c1. The number of hydrogen-bond acceptors (Lipinski definition) is 3. The first-order valence-electron chi connectivity index (χ1n) is 10.7. The van der Waals surface area contributed by atoms with Crippen molar-refractivity contribution in [2.24, 2.45) is 0 Å². The van der Waals surface area contributed by atoms with E-state index >= 15 is 0 Å². The minimum atomic E-state index is -0.175. The predicted octanol–water partition coefficient (Wildman–Crippen LogP) is 4.40. The van der Waals surface area contributed by atoms with Crippen molar-refractivity contribution in [3.8, 4) is 11.1 Å². The first kappa shape index (κ1) is 19.3. The monoisotopic (exact) mass is 412 g/mol. The zero-order valence-corrected chi connectivity index (χ0v) is 17.4. The van der Waals surface area contributed by atoms with E-state index in [0.29, 0.717) is 11.0 Å². The maximum atomic E-state index is 13.3. The Balaban J connectivity index is 1.54.